The molecule has 0 aliphatic carbocycles. The van der Waals surface area contributed by atoms with E-state index in [1.54, 1.807) is 77.0 Å². The zero-order valence-electron chi connectivity index (χ0n) is 48.0. The van der Waals surface area contributed by atoms with E-state index in [1.165, 1.54) is 64.6 Å². The second-order valence-electron chi connectivity index (χ2n) is 21.3. The van der Waals surface area contributed by atoms with Crippen LogP contribution in [0.1, 0.15) is 134 Å². The Morgan fingerprint density at radius 2 is 1.47 bits per heavy atom. The number of cyclic esters (lactones) is 2. The number of rotatable bonds is 15. The lowest BCUT2D eigenvalue weighted by molar-refractivity contribution is -0.160. The molecule has 1 aromatic rings. The lowest BCUT2D eigenvalue weighted by Crippen LogP contribution is -2.60. The van der Waals surface area contributed by atoms with Crippen molar-refractivity contribution in [3.63, 3.8) is 0 Å². The van der Waals surface area contributed by atoms with Crippen LogP contribution in [0.2, 0.25) is 5.02 Å². The SMILES string of the molecule is C/C=C(\C)[C@H]1OC(=O)C(C)(C)NC(=O)[C@H]([C@H](C)CC)NC(=O)CN(C)C(=O)[C@@H](Cc2ccc(Cl)cc2)N(C)C(=O)[C@H](C)NC(=O)[C@@H](CC(C)C)OC(=O)/C(C)=C/C[C@@H](OC(=O)N(C)CCCCCCN(C)C(C)=O)[C@@H]1C. The number of hydrogen-bond donors (Lipinski definition) is 3. The molecular weight excluding hydrogens is 998 g/mol. The summed E-state index contributed by atoms with van der Waals surface area (Å²) < 4.78 is 18.3. The van der Waals surface area contributed by atoms with E-state index in [-0.39, 0.29) is 36.7 Å². The predicted octanol–water partition coefficient (Wildman–Crippen LogP) is 6.40. The summed E-state index contributed by atoms with van der Waals surface area (Å²) in [6.45, 7) is 20.4. The van der Waals surface area contributed by atoms with Crippen LogP contribution in [0.25, 0.3) is 0 Å². The van der Waals surface area contributed by atoms with E-state index in [2.05, 4.69) is 16.0 Å². The van der Waals surface area contributed by atoms with Gasteiger partial charge in [-0.1, -0.05) is 89.8 Å². The van der Waals surface area contributed by atoms with Gasteiger partial charge >= 0.3 is 18.0 Å². The number of benzene rings is 1. The van der Waals surface area contributed by atoms with Crippen molar-refractivity contribution < 1.29 is 57.4 Å². The van der Waals surface area contributed by atoms with Crippen molar-refractivity contribution in [2.45, 2.75) is 176 Å². The number of nitrogens with one attached hydrogen (secondary N) is 3. The molecular formula is C56H88ClN7O12. The molecule has 76 heavy (non-hydrogen) atoms. The highest BCUT2D eigenvalue weighted by molar-refractivity contribution is 6.30. The van der Waals surface area contributed by atoms with Crippen LogP contribution < -0.4 is 16.0 Å². The monoisotopic (exact) mass is 1090 g/mol. The maximum atomic E-state index is 14.4. The number of likely N-dealkylation sites (N-methyl/N-ethyl adjacent to an activating group) is 2. The molecule has 0 saturated heterocycles. The molecule has 2 rings (SSSR count). The van der Waals surface area contributed by atoms with E-state index in [4.69, 9.17) is 25.8 Å². The van der Waals surface area contributed by atoms with Crippen LogP contribution in [0.5, 0.6) is 0 Å². The molecule has 1 heterocycles. The Hall–Kier alpha value is -5.98. The summed E-state index contributed by atoms with van der Waals surface area (Å²) in [5.41, 5.74) is -0.347. The zero-order chi connectivity index (χ0) is 57.8. The van der Waals surface area contributed by atoms with Crippen molar-refractivity contribution >= 4 is 65.1 Å². The first-order valence-corrected chi connectivity index (χ1v) is 26.9. The molecule has 0 bridgehead atoms. The number of nitrogens with zero attached hydrogens (tertiary/aromatic N) is 4. The smallest absolute Gasteiger partial charge is 0.409 e. The summed E-state index contributed by atoms with van der Waals surface area (Å²) in [4.78, 5) is 130. The molecule has 1 aliphatic heterocycles. The summed E-state index contributed by atoms with van der Waals surface area (Å²) in [5, 5.41) is 8.66. The summed E-state index contributed by atoms with van der Waals surface area (Å²) in [6, 6.07) is 3.12. The number of halogens is 1. The number of carbonyl (C=O) groups is 9. The fourth-order valence-electron chi connectivity index (χ4n) is 8.33. The Kier molecular flexibility index (Phi) is 27.2. The molecule has 0 unspecified atom stereocenters. The predicted molar refractivity (Wildman–Crippen MR) is 291 cm³/mol. The maximum absolute atomic E-state index is 14.4. The number of esters is 2. The van der Waals surface area contributed by atoms with Gasteiger partial charge in [0.05, 0.1) is 6.54 Å². The highest BCUT2D eigenvalue weighted by atomic mass is 35.5. The molecule has 3 N–H and O–H groups in total. The van der Waals surface area contributed by atoms with Gasteiger partial charge in [0, 0.05) is 77.6 Å². The van der Waals surface area contributed by atoms with Gasteiger partial charge in [-0.25, -0.2) is 14.4 Å². The van der Waals surface area contributed by atoms with Crippen LogP contribution in [0.4, 0.5) is 4.79 Å². The van der Waals surface area contributed by atoms with E-state index in [1.807, 2.05) is 20.8 Å². The Labute approximate surface area is 456 Å². The largest absolute Gasteiger partial charge is 0.456 e. The molecule has 0 radical (unpaired) electrons. The molecule has 8 atom stereocenters. The number of carbonyl (C=O) groups excluding carboxylic acids is 9. The average molecular weight is 1090 g/mol. The van der Waals surface area contributed by atoms with Crippen molar-refractivity contribution in [3.05, 3.63) is 58.1 Å². The highest BCUT2D eigenvalue weighted by Gasteiger charge is 2.41. The van der Waals surface area contributed by atoms with Gasteiger partial charge in [0.1, 0.15) is 35.9 Å². The third kappa shape index (κ3) is 20.9. The van der Waals surface area contributed by atoms with Crippen molar-refractivity contribution in [2.75, 3.05) is 47.8 Å². The molecule has 1 aliphatic rings. The van der Waals surface area contributed by atoms with Crippen LogP contribution in [0.3, 0.4) is 0 Å². The molecule has 7 amide bonds. The summed E-state index contributed by atoms with van der Waals surface area (Å²) in [5.74, 6) is -6.42. The van der Waals surface area contributed by atoms with Gasteiger partial charge in [-0.15, -0.1) is 0 Å². The first-order chi connectivity index (χ1) is 35.4. The second-order valence-corrected chi connectivity index (χ2v) is 21.8. The molecule has 20 heteroatoms. The van der Waals surface area contributed by atoms with E-state index >= 15 is 0 Å². The number of allylic oxidation sites excluding steroid dienone is 1. The van der Waals surface area contributed by atoms with Crippen molar-refractivity contribution in [3.8, 4) is 0 Å². The van der Waals surface area contributed by atoms with Crippen LogP contribution in [-0.4, -0.2) is 163 Å². The fourth-order valence-corrected chi connectivity index (χ4v) is 8.45. The summed E-state index contributed by atoms with van der Waals surface area (Å²) in [6.07, 6.45) is 2.84. The standard InChI is InChI=1S/C56H88ClN7O12/c1-17-35(5)47-50(68)60-56(11,12)54(72)76-48(36(6)18-2)38(8)44(75-55(73)62(14)30-22-20-19-21-29-61(13)40(10)65)28-23-37(7)53(71)74-45(31-34(3)4)49(67)58-39(9)51(69)64(16)43(32-41-24-26-42(57)27-25-41)52(70)63(15)33-46(66)59-47/h18,23-27,34-35,38-39,43-45,47-48H,17,19-22,28-33H2,1-16H3,(H,58,67)(H,59,66)(H,60,68)/b36-18+,37-23+/t35-,38+,39+,43-,44-,45-,47+,48-/m1/s1. The summed E-state index contributed by atoms with van der Waals surface area (Å²) in [7, 11) is 6.16. The van der Waals surface area contributed by atoms with Gasteiger partial charge in [-0.2, -0.15) is 0 Å². The lowest BCUT2D eigenvalue weighted by Gasteiger charge is -2.35. The van der Waals surface area contributed by atoms with Crippen LogP contribution >= 0.6 is 11.6 Å². The molecule has 0 fully saturated rings. The average Bonchev–Trinajstić information content (AvgIpc) is 3.36. The number of amides is 7. The molecule has 0 aromatic heterocycles. The van der Waals surface area contributed by atoms with Gasteiger partial charge in [0.2, 0.25) is 29.5 Å². The highest BCUT2D eigenvalue weighted by Crippen LogP contribution is 2.28. The van der Waals surface area contributed by atoms with E-state index in [0.29, 0.717) is 42.1 Å². The van der Waals surface area contributed by atoms with E-state index < -0.39 is 108 Å². The van der Waals surface area contributed by atoms with E-state index in [9.17, 15) is 43.2 Å². The van der Waals surface area contributed by atoms with E-state index in [0.717, 1.165) is 24.2 Å². The van der Waals surface area contributed by atoms with Crippen molar-refractivity contribution in [2.24, 2.45) is 17.8 Å². The molecule has 426 valence electrons. The third-order valence-electron chi connectivity index (χ3n) is 13.9. The normalized spacial score (nSPS) is 24.6. The second kappa shape index (κ2) is 31.3. The Morgan fingerprint density at radius 1 is 0.882 bits per heavy atom. The first kappa shape index (κ1) is 66.1. The summed E-state index contributed by atoms with van der Waals surface area (Å²) >= 11 is 6.16. The maximum Gasteiger partial charge on any atom is 0.409 e. The van der Waals surface area contributed by atoms with Gasteiger partial charge in [0.15, 0.2) is 6.10 Å². The van der Waals surface area contributed by atoms with Gasteiger partial charge < -0.3 is 49.8 Å². The van der Waals surface area contributed by atoms with Crippen molar-refractivity contribution in [1.29, 1.82) is 0 Å². The lowest BCUT2D eigenvalue weighted by atomic mass is 9.90. The Morgan fingerprint density at radius 3 is 2.03 bits per heavy atom. The van der Waals surface area contributed by atoms with Gasteiger partial charge in [-0.3, -0.25) is 28.8 Å². The van der Waals surface area contributed by atoms with Crippen LogP contribution in [0.15, 0.2) is 47.6 Å². The fraction of sp³-hybridized carbons (Fsp3) is 0.661. The molecule has 1 aromatic carbocycles. The Bertz CT molecular complexity index is 2230. The van der Waals surface area contributed by atoms with Crippen LogP contribution in [-0.2, 0) is 59.0 Å². The zero-order valence-corrected chi connectivity index (χ0v) is 48.8. The molecule has 0 spiro atoms. The quantitative estimate of drug-likeness (QED) is 0.0751. The van der Waals surface area contributed by atoms with Crippen LogP contribution in [0, 0.1) is 17.8 Å². The van der Waals surface area contributed by atoms with Gasteiger partial charge in [-0.05, 0) is 95.9 Å². The van der Waals surface area contributed by atoms with Gasteiger partial charge in [0.25, 0.3) is 5.91 Å². The molecule has 0 saturated carbocycles. The topological polar surface area (TPSA) is 230 Å². The number of unbranched alkanes of at least 4 members (excludes halogenated alkanes) is 3. The van der Waals surface area contributed by atoms with Crippen molar-refractivity contribution in [1.82, 2.24) is 35.6 Å². The minimum Gasteiger partial charge on any atom is -0.456 e. The number of ether oxygens (including phenoxy) is 3. The first-order valence-electron chi connectivity index (χ1n) is 26.5. The molecule has 19 nitrogen and oxygen atoms in total. The third-order valence-corrected chi connectivity index (χ3v) is 14.2. The minimum atomic E-state index is -1.67. The Balaban J connectivity index is 2.72. The minimum absolute atomic E-state index is 0.000215. The number of hydrogen-bond acceptors (Lipinski definition) is 12.